The number of nitrogens with one attached hydrogen (secondary N) is 1. The van der Waals surface area contributed by atoms with Gasteiger partial charge in [-0.15, -0.1) is 0 Å². The van der Waals surface area contributed by atoms with Crippen molar-refractivity contribution in [1.29, 1.82) is 0 Å². The van der Waals surface area contributed by atoms with E-state index in [1.165, 1.54) is 11.1 Å². The second-order valence-electron chi connectivity index (χ2n) is 7.52. The Kier molecular flexibility index (Phi) is 5.93. The van der Waals surface area contributed by atoms with Gasteiger partial charge in [0.25, 0.3) is 0 Å². The predicted molar refractivity (Wildman–Crippen MR) is 111 cm³/mol. The van der Waals surface area contributed by atoms with Crippen LogP contribution in [0.3, 0.4) is 0 Å². The highest BCUT2D eigenvalue weighted by atomic mass is 16.2. The Morgan fingerprint density at radius 1 is 1.07 bits per heavy atom. The highest BCUT2D eigenvalue weighted by Crippen LogP contribution is 2.23. The van der Waals surface area contributed by atoms with Gasteiger partial charge in [0.1, 0.15) is 0 Å². The molecule has 0 saturated carbocycles. The zero-order valence-corrected chi connectivity index (χ0v) is 17.2. The molecule has 0 fully saturated rings. The van der Waals surface area contributed by atoms with Crippen molar-refractivity contribution in [2.24, 2.45) is 5.92 Å². The van der Waals surface area contributed by atoms with Crippen molar-refractivity contribution in [3.63, 3.8) is 0 Å². The summed E-state index contributed by atoms with van der Waals surface area (Å²) in [7, 11) is 0. The van der Waals surface area contributed by atoms with Crippen LogP contribution in [0.5, 0.6) is 0 Å². The standard InChI is InChI=1S/C23H28N4O/c1-15-8-10-20(11-9-15)22(21-7-6-12-24-13-21)25-23(28)16(2)14-27-19(5)17(3)18(4)26-27/h6-13,16,22H,14H2,1-5H3,(H,25,28)/t16-,22-/m0/s1. The number of aryl methyl sites for hydroxylation is 2. The van der Waals surface area contributed by atoms with E-state index in [4.69, 9.17) is 0 Å². The number of rotatable bonds is 6. The van der Waals surface area contributed by atoms with Crippen LogP contribution in [0.25, 0.3) is 0 Å². The first-order valence-corrected chi connectivity index (χ1v) is 9.64. The minimum Gasteiger partial charge on any atom is -0.345 e. The maximum absolute atomic E-state index is 13.0. The van der Waals surface area contributed by atoms with Gasteiger partial charge in [-0.3, -0.25) is 14.5 Å². The molecule has 2 heterocycles. The molecule has 0 unspecified atom stereocenters. The van der Waals surface area contributed by atoms with E-state index in [0.29, 0.717) is 6.54 Å². The topological polar surface area (TPSA) is 59.8 Å². The van der Waals surface area contributed by atoms with Crippen molar-refractivity contribution >= 4 is 5.91 Å². The quantitative estimate of drug-likeness (QED) is 0.706. The molecule has 3 aromatic rings. The van der Waals surface area contributed by atoms with Gasteiger partial charge in [-0.05, 0) is 50.5 Å². The summed E-state index contributed by atoms with van der Waals surface area (Å²) in [5.74, 6) is -0.207. The van der Waals surface area contributed by atoms with Crippen molar-refractivity contribution in [3.05, 3.63) is 82.4 Å². The molecule has 2 atom stereocenters. The van der Waals surface area contributed by atoms with Crippen LogP contribution >= 0.6 is 0 Å². The van der Waals surface area contributed by atoms with Gasteiger partial charge in [0.2, 0.25) is 5.91 Å². The number of carbonyl (C=O) groups excluding carboxylic acids is 1. The summed E-state index contributed by atoms with van der Waals surface area (Å²) in [5.41, 5.74) is 6.50. The molecule has 5 heteroatoms. The molecule has 1 N–H and O–H groups in total. The Morgan fingerprint density at radius 3 is 2.36 bits per heavy atom. The van der Waals surface area contributed by atoms with E-state index in [2.05, 4.69) is 53.5 Å². The van der Waals surface area contributed by atoms with E-state index in [1.54, 1.807) is 12.4 Å². The third kappa shape index (κ3) is 4.30. The van der Waals surface area contributed by atoms with Crippen LogP contribution in [-0.2, 0) is 11.3 Å². The molecule has 0 aliphatic carbocycles. The summed E-state index contributed by atoms with van der Waals surface area (Å²) in [6.07, 6.45) is 3.55. The van der Waals surface area contributed by atoms with E-state index < -0.39 is 0 Å². The van der Waals surface area contributed by atoms with Crippen LogP contribution in [0.1, 0.15) is 46.6 Å². The van der Waals surface area contributed by atoms with Gasteiger partial charge < -0.3 is 5.32 Å². The number of hydrogen-bond acceptors (Lipinski definition) is 3. The fraction of sp³-hybridized carbons (Fsp3) is 0.348. The molecular formula is C23H28N4O. The summed E-state index contributed by atoms with van der Waals surface area (Å²) >= 11 is 0. The lowest BCUT2D eigenvalue weighted by molar-refractivity contribution is -0.125. The van der Waals surface area contributed by atoms with Gasteiger partial charge in [0.15, 0.2) is 0 Å². The zero-order chi connectivity index (χ0) is 20.3. The van der Waals surface area contributed by atoms with Gasteiger partial charge >= 0.3 is 0 Å². The number of carbonyl (C=O) groups is 1. The van der Waals surface area contributed by atoms with E-state index in [1.807, 2.05) is 37.6 Å². The van der Waals surface area contributed by atoms with Gasteiger partial charge in [-0.2, -0.15) is 5.10 Å². The smallest absolute Gasteiger partial charge is 0.225 e. The lowest BCUT2D eigenvalue weighted by atomic mass is 9.98. The molecule has 1 amide bonds. The molecule has 3 rings (SSSR count). The molecular weight excluding hydrogens is 348 g/mol. The number of benzene rings is 1. The van der Waals surface area contributed by atoms with Gasteiger partial charge in [-0.25, -0.2) is 0 Å². The van der Waals surface area contributed by atoms with Crippen molar-refractivity contribution in [1.82, 2.24) is 20.1 Å². The summed E-state index contributed by atoms with van der Waals surface area (Å²) in [5, 5.41) is 7.77. The van der Waals surface area contributed by atoms with Gasteiger partial charge in [0, 0.05) is 18.1 Å². The average molecular weight is 377 g/mol. The Hall–Kier alpha value is -2.95. The first-order valence-electron chi connectivity index (χ1n) is 9.64. The lowest BCUT2D eigenvalue weighted by Crippen LogP contribution is -2.35. The number of aromatic nitrogens is 3. The van der Waals surface area contributed by atoms with Crippen molar-refractivity contribution in [2.45, 2.75) is 47.2 Å². The van der Waals surface area contributed by atoms with E-state index in [-0.39, 0.29) is 17.9 Å². The third-order valence-corrected chi connectivity index (χ3v) is 5.35. The highest BCUT2D eigenvalue weighted by molar-refractivity contribution is 5.79. The molecule has 0 aliphatic rings. The lowest BCUT2D eigenvalue weighted by Gasteiger charge is -2.22. The Bertz CT molecular complexity index is 945. The Balaban J connectivity index is 1.80. The fourth-order valence-corrected chi connectivity index (χ4v) is 3.26. The summed E-state index contributed by atoms with van der Waals surface area (Å²) in [4.78, 5) is 17.2. The predicted octanol–water partition coefficient (Wildman–Crippen LogP) is 4.05. The van der Waals surface area contributed by atoms with Crippen molar-refractivity contribution in [2.75, 3.05) is 0 Å². The minimum absolute atomic E-state index is 0.000339. The molecule has 0 aliphatic heterocycles. The maximum atomic E-state index is 13.0. The highest BCUT2D eigenvalue weighted by Gasteiger charge is 2.22. The second-order valence-corrected chi connectivity index (χ2v) is 7.52. The van der Waals surface area contributed by atoms with Crippen LogP contribution in [0.2, 0.25) is 0 Å². The SMILES string of the molecule is Cc1ccc([C@H](NC(=O)[C@@H](C)Cn2nc(C)c(C)c2C)c2cccnc2)cc1. The van der Waals surface area contributed by atoms with Crippen LogP contribution in [0.15, 0.2) is 48.8 Å². The van der Waals surface area contributed by atoms with E-state index in [9.17, 15) is 4.79 Å². The first-order chi connectivity index (χ1) is 13.4. The largest absolute Gasteiger partial charge is 0.345 e. The summed E-state index contributed by atoms with van der Waals surface area (Å²) in [6.45, 7) is 10.7. The molecule has 28 heavy (non-hydrogen) atoms. The molecule has 5 nitrogen and oxygen atoms in total. The maximum Gasteiger partial charge on any atom is 0.225 e. The molecule has 146 valence electrons. The van der Waals surface area contributed by atoms with Crippen LogP contribution in [0.4, 0.5) is 0 Å². The van der Waals surface area contributed by atoms with Gasteiger partial charge in [0.05, 0.1) is 24.2 Å². The summed E-state index contributed by atoms with van der Waals surface area (Å²) in [6, 6.07) is 11.9. The zero-order valence-electron chi connectivity index (χ0n) is 17.2. The van der Waals surface area contributed by atoms with Crippen LogP contribution in [0, 0.1) is 33.6 Å². The first kappa shape index (κ1) is 19.8. The van der Waals surface area contributed by atoms with E-state index >= 15 is 0 Å². The summed E-state index contributed by atoms with van der Waals surface area (Å²) < 4.78 is 1.93. The van der Waals surface area contributed by atoms with E-state index in [0.717, 1.165) is 22.5 Å². The molecule has 2 aromatic heterocycles. The fourth-order valence-electron chi connectivity index (χ4n) is 3.26. The monoisotopic (exact) mass is 376 g/mol. The molecule has 0 spiro atoms. The molecule has 1 aromatic carbocycles. The van der Waals surface area contributed by atoms with Crippen molar-refractivity contribution in [3.8, 4) is 0 Å². The normalized spacial score (nSPS) is 13.2. The number of hydrogen-bond donors (Lipinski definition) is 1. The minimum atomic E-state index is -0.230. The molecule has 0 saturated heterocycles. The van der Waals surface area contributed by atoms with Gasteiger partial charge in [-0.1, -0.05) is 42.8 Å². The molecule has 0 bridgehead atoms. The van der Waals surface area contributed by atoms with Crippen LogP contribution < -0.4 is 5.32 Å². The third-order valence-electron chi connectivity index (χ3n) is 5.35. The van der Waals surface area contributed by atoms with Crippen molar-refractivity contribution < 1.29 is 4.79 Å². The van der Waals surface area contributed by atoms with Crippen LogP contribution in [-0.4, -0.2) is 20.7 Å². The Labute approximate surface area is 166 Å². The Morgan fingerprint density at radius 2 is 1.79 bits per heavy atom. The molecule has 0 radical (unpaired) electrons. The second kappa shape index (κ2) is 8.38. The number of amides is 1. The number of pyridine rings is 1. The number of nitrogens with zero attached hydrogens (tertiary/aromatic N) is 3. The average Bonchev–Trinajstić information content (AvgIpc) is 2.94.